The number of aromatic hydroxyl groups is 1. The number of benzene rings is 2. The molecule has 5 heteroatoms. The fourth-order valence-electron chi connectivity index (χ4n) is 3.17. The second-order valence-corrected chi connectivity index (χ2v) is 8.09. The predicted octanol–water partition coefficient (Wildman–Crippen LogP) is 4.00. The molecule has 5 nitrogen and oxygen atoms in total. The number of phenolic OH excluding ortho intramolecular Hbond substituents is 1. The summed E-state index contributed by atoms with van der Waals surface area (Å²) in [6.07, 6.45) is 0. The smallest absolute Gasteiger partial charge is 0.227 e. The number of nitrogens with zero attached hydrogens (tertiary/aromatic N) is 2. The molecule has 3 aromatic rings. The van der Waals surface area contributed by atoms with Gasteiger partial charge in [0, 0.05) is 12.5 Å². The molecular weight excluding hydrogens is 338 g/mol. The molecule has 0 aliphatic heterocycles. The van der Waals surface area contributed by atoms with E-state index in [1.54, 1.807) is 12.1 Å². The van der Waals surface area contributed by atoms with Gasteiger partial charge in [0.25, 0.3) is 0 Å². The normalized spacial score (nSPS) is 12.9. The maximum Gasteiger partial charge on any atom is 0.227 e. The van der Waals surface area contributed by atoms with Crippen molar-refractivity contribution >= 4 is 16.7 Å². The van der Waals surface area contributed by atoms with Gasteiger partial charge in [0.2, 0.25) is 5.91 Å². The largest absolute Gasteiger partial charge is 0.508 e. The van der Waals surface area contributed by atoms with Crippen LogP contribution in [0.3, 0.4) is 0 Å². The molecule has 1 atom stereocenters. The van der Waals surface area contributed by atoms with Gasteiger partial charge in [0.05, 0.1) is 23.9 Å². The lowest BCUT2D eigenvalue weighted by atomic mass is 9.92. The van der Waals surface area contributed by atoms with E-state index in [1.165, 1.54) is 0 Å². The van der Waals surface area contributed by atoms with Gasteiger partial charge in [-0.25, -0.2) is 0 Å². The first kappa shape index (κ1) is 19.0. The van der Waals surface area contributed by atoms with Crippen molar-refractivity contribution < 1.29 is 9.90 Å². The van der Waals surface area contributed by atoms with E-state index in [4.69, 9.17) is 0 Å². The minimum absolute atomic E-state index is 0.0295. The fraction of sp³-hybridized carbons (Fsp3) is 0.364. The Morgan fingerprint density at radius 3 is 2.63 bits per heavy atom. The molecule has 0 saturated carbocycles. The summed E-state index contributed by atoms with van der Waals surface area (Å²) >= 11 is 0. The molecule has 0 aliphatic rings. The SMILES string of the molecule is CC(C(=O)NCc1cc(C(C)(C)C)nn1C)c1cccc2ccc(O)cc12. The van der Waals surface area contributed by atoms with E-state index in [1.807, 2.05) is 49.0 Å². The van der Waals surface area contributed by atoms with Crippen LogP contribution in [0.25, 0.3) is 10.8 Å². The van der Waals surface area contributed by atoms with E-state index >= 15 is 0 Å². The van der Waals surface area contributed by atoms with Crippen molar-refractivity contribution in [3.8, 4) is 5.75 Å². The van der Waals surface area contributed by atoms with Crippen LogP contribution < -0.4 is 5.32 Å². The number of phenols is 1. The molecule has 0 saturated heterocycles. The van der Waals surface area contributed by atoms with Crippen molar-refractivity contribution in [2.24, 2.45) is 7.05 Å². The standard InChI is InChI=1S/C22H27N3O2/c1-14(18-8-6-7-15-9-10-17(26)12-19(15)18)21(27)23-13-16-11-20(22(2,3)4)24-25(16)5/h6-12,14,26H,13H2,1-5H3,(H,23,27). The van der Waals surface area contributed by atoms with Crippen LogP contribution >= 0.6 is 0 Å². The van der Waals surface area contributed by atoms with Gasteiger partial charge in [-0.15, -0.1) is 0 Å². The minimum Gasteiger partial charge on any atom is -0.508 e. The highest BCUT2D eigenvalue weighted by Gasteiger charge is 2.21. The summed E-state index contributed by atoms with van der Waals surface area (Å²) < 4.78 is 1.82. The number of aryl methyl sites for hydroxylation is 1. The highest BCUT2D eigenvalue weighted by atomic mass is 16.3. The molecule has 2 aromatic carbocycles. The van der Waals surface area contributed by atoms with Crippen LogP contribution in [0, 0.1) is 0 Å². The first-order chi connectivity index (χ1) is 12.7. The number of rotatable bonds is 4. The second kappa shape index (κ2) is 7.06. The average Bonchev–Trinajstić information content (AvgIpc) is 2.99. The Morgan fingerprint density at radius 1 is 1.22 bits per heavy atom. The molecule has 1 aromatic heterocycles. The maximum atomic E-state index is 12.8. The summed E-state index contributed by atoms with van der Waals surface area (Å²) in [6, 6.07) is 13.1. The lowest BCUT2D eigenvalue weighted by Crippen LogP contribution is -2.28. The number of amides is 1. The Balaban J connectivity index is 1.78. The summed E-state index contributed by atoms with van der Waals surface area (Å²) in [7, 11) is 1.90. The molecule has 2 N–H and O–H groups in total. The van der Waals surface area contributed by atoms with E-state index in [2.05, 4.69) is 31.2 Å². The van der Waals surface area contributed by atoms with Gasteiger partial charge in [0.15, 0.2) is 0 Å². The molecule has 142 valence electrons. The average molecular weight is 365 g/mol. The number of fused-ring (bicyclic) bond motifs is 1. The summed E-state index contributed by atoms with van der Waals surface area (Å²) in [6.45, 7) is 8.68. The van der Waals surface area contributed by atoms with Gasteiger partial charge in [-0.05, 0) is 41.5 Å². The zero-order valence-corrected chi connectivity index (χ0v) is 16.6. The zero-order chi connectivity index (χ0) is 19.8. The van der Waals surface area contributed by atoms with Crippen molar-refractivity contribution in [3.63, 3.8) is 0 Å². The summed E-state index contributed by atoms with van der Waals surface area (Å²) in [5.74, 6) is -0.178. The third-order valence-corrected chi connectivity index (χ3v) is 4.95. The lowest BCUT2D eigenvalue weighted by molar-refractivity contribution is -0.122. The molecule has 1 heterocycles. The third kappa shape index (κ3) is 3.97. The predicted molar refractivity (Wildman–Crippen MR) is 108 cm³/mol. The van der Waals surface area contributed by atoms with E-state index < -0.39 is 0 Å². The van der Waals surface area contributed by atoms with Crippen LogP contribution in [0.4, 0.5) is 0 Å². The number of hydrogen-bond acceptors (Lipinski definition) is 3. The minimum atomic E-state index is -0.328. The van der Waals surface area contributed by atoms with E-state index in [0.29, 0.717) is 6.54 Å². The number of hydrogen-bond donors (Lipinski definition) is 2. The van der Waals surface area contributed by atoms with Crippen LogP contribution in [0.5, 0.6) is 5.75 Å². The Labute approximate surface area is 160 Å². The number of aromatic nitrogens is 2. The third-order valence-electron chi connectivity index (χ3n) is 4.95. The van der Waals surface area contributed by atoms with Crippen molar-refractivity contribution in [1.29, 1.82) is 0 Å². The Bertz CT molecular complexity index is 983. The molecule has 0 bridgehead atoms. The summed E-state index contributed by atoms with van der Waals surface area (Å²) in [4.78, 5) is 12.8. The number of carbonyl (C=O) groups is 1. The molecule has 0 aliphatic carbocycles. The van der Waals surface area contributed by atoms with Crippen molar-refractivity contribution in [1.82, 2.24) is 15.1 Å². The lowest BCUT2D eigenvalue weighted by Gasteiger charge is -2.15. The number of nitrogens with one attached hydrogen (secondary N) is 1. The summed E-state index contributed by atoms with van der Waals surface area (Å²) in [5.41, 5.74) is 2.85. The first-order valence-corrected chi connectivity index (χ1v) is 9.19. The zero-order valence-electron chi connectivity index (χ0n) is 16.6. The molecule has 0 spiro atoms. The van der Waals surface area contributed by atoms with Gasteiger partial charge >= 0.3 is 0 Å². The fourth-order valence-corrected chi connectivity index (χ4v) is 3.17. The molecule has 3 rings (SSSR count). The number of carbonyl (C=O) groups excluding carboxylic acids is 1. The quantitative estimate of drug-likeness (QED) is 0.734. The van der Waals surface area contributed by atoms with Gasteiger partial charge < -0.3 is 10.4 Å². The van der Waals surface area contributed by atoms with Crippen LogP contribution in [0.15, 0.2) is 42.5 Å². The molecule has 27 heavy (non-hydrogen) atoms. The molecule has 1 unspecified atom stereocenters. The van der Waals surface area contributed by atoms with Crippen LogP contribution in [-0.4, -0.2) is 20.8 Å². The monoisotopic (exact) mass is 365 g/mol. The Kier molecular flexibility index (Phi) is 4.96. The topological polar surface area (TPSA) is 67.2 Å². The van der Waals surface area contributed by atoms with Crippen molar-refractivity contribution in [2.75, 3.05) is 0 Å². The first-order valence-electron chi connectivity index (χ1n) is 9.19. The molecule has 0 radical (unpaired) electrons. The van der Waals surface area contributed by atoms with E-state index in [0.717, 1.165) is 27.7 Å². The van der Waals surface area contributed by atoms with Gasteiger partial charge in [0.1, 0.15) is 5.75 Å². The maximum absolute atomic E-state index is 12.8. The highest BCUT2D eigenvalue weighted by Crippen LogP contribution is 2.29. The van der Waals surface area contributed by atoms with Crippen LogP contribution in [0.1, 0.15) is 50.6 Å². The van der Waals surface area contributed by atoms with Gasteiger partial charge in [-0.2, -0.15) is 5.10 Å². The van der Waals surface area contributed by atoms with Crippen molar-refractivity contribution in [3.05, 3.63) is 59.4 Å². The van der Waals surface area contributed by atoms with E-state index in [9.17, 15) is 9.90 Å². The Morgan fingerprint density at radius 2 is 1.96 bits per heavy atom. The highest BCUT2D eigenvalue weighted by molar-refractivity contribution is 5.93. The van der Waals surface area contributed by atoms with Gasteiger partial charge in [-0.3, -0.25) is 9.48 Å². The van der Waals surface area contributed by atoms with Crippen LogP contribution in [-0.2, 0) is 23.8 Å². The summed E-state index contributed by atoms with van der Waals surface area (Å²) in [5, 5.41) is 19.3. The Hall–Kier alpha value is -2.82. The van der Waals surface area contributed by atoms with Gasteiger partial charge in [-0.1, -0.05) is 45.0 Å². The molecular formula is C22H27N3O2. The molecule has 1 amide bonds. The molecule has 0 fully saturated rings. The van der Waals surface area contributed by atoms with Crippen LogP contribution in [0.2, 0.25) is 0 Å². The van der Waals surface area contributed by atoms with Crippen molar-refractivity contribution in [2.45, 2.75) is 45.6 Å². The second-order valence-electron chi connectivity index (χ2n) is 8.09. The van der Waals surface area contributed by atoms with E-state index in [-0.39, 0.29) is 23.0 Å².